The molecule has 120 valence electrons. The van der Waals surface area contributed by atoms with Crippen LogP contribution in [0.3, 0.4) is 0 Å². The van der Waals surface area contributed by atoms with E-state index >= 15 is 0 Å². The van der Waals surface area contributed by atoms with Gasteiger partial charge in [0.2, 0.25) is 0 Å². The number of halogens is 2. The molecule has 1 aromatic carbocycles. The predicted octanol–water partition coefficient (Wildman–Crippen LogP) is 4.65. The molecule has 22 heavy (non-hydrogen) atoms. The van der Waals surface area contributed by atoms with Crippen molar-refractivity contribution < 1.29 is 4.39 Å². The van der Waals surface area contributed by atoms with Gasteiger partial charge in [0.25, 0.3) is 0 Å². The predicted molar refractivity (Wildman–Crippen MR) is 92.6 cm³/mol. The molecule has 2 aliphatic carbocycles. The molecule has 1 aromatic rings. The van der Waals surface area contributed by atoms with Crippen molar-refractivity contribution in [1.82, 2.24) is 10.2 Å². The van der Waals surface area contributed by atoms with Crippen molar-refractivity contribution in [3.8, 4) is 0 Å². The third kappa shape index (κ3) is 3.90. The van der Waals surface area contributed by atoms with Gasteiger partial charge in [-0.15, -0.1) is 0 Å². The number of nitrogens with zero attached hydrogens (tertiary/aromatic N) is 1. The summed E-state index contributed by atoms with van der Waals surface area (Å²) in [7, 11) is 0. The molecule has 0 heterocycles. The van der Waals surface area contributed by atoms with Crippen LogP contribution in [0, 0.1) is 5.82 Å². The molecule has 0 spiro atoms. The van der Waals surface area contributed by atoms with Crippen LogP contribution in [0.5, 0.6) is 0 Å². The molecular weight excluding hydrogens is 319 g/mol. The normalized spacial score (nSPS) is 19.0. The summed E-state index contributed by atoms with van der Waals surface area (Å²) in [4.78, 5) is 2.12. The topological polar surface area (TPSA) is 15.3 Å². The highest BCUT2D eigenvalue weighted by Crippen LogP contribution is 2.31. The average Bonchev–Trinajstić information content (AvgIpc) is 3.32. The standard InChI is InChI=1S/C17H22ClFN2S/c18-15-7-4-8-16(19)14(15)11-21(13-9-10-13)17(22)20-12-5-2-1-3-6-12/h4,7-8,12-13H,1-3,5-6,9-11H2,(H,20,22). The minimum absolute atomic E-state index is 0.251. The van der Waals surface area contributed by atoms with E-state index in [2.05, 4.69) is 10.2 Å². The van der Waals surface area contributed by atoms with Crippen molar-refractivity contribution in [2.75, 3.05) is 0 Å². The second kappa shape index (κ2) is 7.14. The second-order valence-corrected chi connectivity index (χ2v) is 7.14. The summed E-state index contributed by atoms with van der Waals surface area (Å²) in [5.74, 6) is -0.251. The van der Waals surface area contributed by atoms with E-state index < -0.39 is 0 Å². The largest absolute Gasteiger partial charge is 0.360 e. The monoisotopic (exact) mass is 340 g/mol. The molecule has 0 bridgehead atoms. The van der Waals surface area contributed by atoms with Gasteiger partial charge in [0.05, 0.1) is 0 Å². The Balaban J connectivity index is 1.68. The molecule has 1 N–H and O–H groups in total. The highest BCUT2D eigenvalue weighted by Gasteiger charge is 2.32. The van der Waals surface area contributed by atoms with E-state index in [4.69, 9.17) is 23.8 Å². The number of nitrogens with one attached hydrogen (secondary N) is 1. The quantitative estimate of drug-likeness (QED) is 0.803. The zero-order valence-corrected chi connectivity index (χ0v) is 14.2. The lowest BCUT2D eigenvalue weighted by Crippen LogP contribution is -2.46. The van der Waals surface area contributed by atoms with Crippen LogP contribution in [0.4, 0.5) is 4.39 Å². The average molecular weight is 341 g/mol. The van der Waals surface area contributed by atoms with Crippen molar-refractivity contribution in [3.05, 3.63) is 34.6 Å². The molecule has 5 heteroatoms. The molecule has 0 radical (unpaired) electrons. The third-order valence-corrected chi connectivity index (χ3v) is 5.28. The van der Waals surface area contributed by atoms with Gasteiger partial charge >= 0.3 is 0 Å². The van der Waals surface area contributed by atoms with Crippen molar-refractivity contribution >= 4 is 28.9 Å². The zero-order chi connectivity index (χ0) is 15.5. The maximum atomic E-state index is 14.0. The summed E-state index contributed by atoms with van der Waals surface area (Å²) in [6.07, 6.45) is 8.46. The number of benzene rings is 1. The van der Waals surface area contributed by atoms with Crippen LogP contribution in [0.2, 0.25) is 5.02 Å². The number of rotatable bonds is 4. The Morgan fingerprint density at radius 2 is 1.95 bits per heavy atom. The Bertz CT molecular complexity index is 521. The molecule has 2 fully saturated rings. The summed E-state index contributed by atoms with van der Waals surface area (Å²) >= 11 is 11.8. The molecule has 0 aromatic heterocycles. The summed E-state index contributed by atoms with van der Waals surface area (Å²) in [6.45, 7) is 0.453. The Hall–Kier alpha value is -0.870. The number of hydrogen-bond acceptors (Lipinski definition) is 1. The van der Waals surface area contributed by atoms with E-state index in [0.717, 1.165) is 18.0 Å². The van der Waals surface area contributed by atoms with Gasteiger partial charge in [0.1, 0.15) is 5.82 Å². The van der Waals surface area contributed by atoms with Gasteiger partial charge < -0.3 is 10.2 Å². The van der Waals surface area contributed by atoms with Gasteiger partial charge in [0, 0.05) is 29.2 Å². The van der Waals surface area contributed by atoms with E-state index in [1.54, 1.807) is 12.1 Å². The summed E-state index contributed by atoms with van der Waals surface area (Å²) in [5.41, 5.74) is 0.545. The van der Waals surface area contributed by atoms with Crippen molar-refractivity contribution in [2.45, 2.75) is 63.6 Å². The lowest BCUT2D eigenvalue weighted by Gasteiger charge is -2.31. The SMILES string of the molecule is Fc1cccc(Cl)c1CN(C(=S)NC1CCCCC1)C1CC1. The molecule has 3 rings (SSSR count). The molecule has 2 nitrogen and oxygen atoms in total. The van der Waals surface area contributed by atoms with E-state index in [1.807, 2.05) is 0 Å². The first-order chi connectivity index (χ1) is 10.6. The Morgan fingerprint density at radius 3 is 2.59 bits per heavy atom. The third-order valence-electron chi connectivity index (χ3n) is 4.57. The van der Waals surface area contributed by atoms with Crippen molar-refractivity contribution in [2.24, 2.45) is 0 Å². The minimum atomic E-state index is -0.251. The van der Waals surface area contributed by atoms with Gasteiger partial charge in [0.15, 0.2) is 5.11 Å². The molecule has 0 amide bonds. The van der Waals surface area contributed by atoms with Crippen LogP contribution in [0.25, 0.3) is 0 Å². The maximum Gasteiger partial charge on any atom is 0.169 e. The first-order valence-electron chi connectivity index (χ1n) is 8.15. The van der Waals surface area contributed by atoms with E-state index in [0.29, 0.717) is 29.2 Å². The molecule has 0 atom stereocenters. The molecule has 0 saturated heterocycles. The molecule has 0 aliphatic heterocycles. The highest BCUT2D eigenvalue weighted by molar-refractivity contribution is 7.80. The maximum absolute atomic E-state index is 14.0. The summed E-state index contributed by atoms with van der Waals surface area (Å²) < 4.78 is 14.0. The lowest BCUT2D eigenvalue weighted by atomic mass is 9.96. The van der Waals surface area contributed by atoms with E-state index in [-0.39, 0.29) is 5.82 Å². The minimum Gasteiger partial charge on any atom is -0.360 e. The fourth-order valence-corrected chi connectivity index (χ4v) is 3.71. The second-order valence-electron chi connectivity index (χ2n) is 6.34. The molecule has 2 saturated carbocycles. The fraction of sp³-hybridized carbons (Fsp3) is 0.588. The van der Waals surface area contributed by atoms with Crippen molar-refractivity contribution in [3.63, 3.8) is 0 Å². The van der Waals surface area contributed by atoms with Gasteiger partial charge in [-0.05, 0) is 50.0 Å². The molecular formula is C17H22ClFN2S. The van der Waals surface area contributed by atoms with Crippen LogP contribution in [0.15, 0.2) is 18.2 Å². The summed E-state index contributed by atoms with van der Waals surface area (Å²) in [6, 6.07) is 5.74. The number of thiocarbonyl (C=S) groups is 1. The van der Waals surface area contributed by atoms with Crippen LogP contribution in [0.1, 0.15) is 50.5 Å². The first kappa shape index (κ1) is 16.0. The molecule has 2 aliphatic rings. The zero-order valence-electron chi connectivity index (χ0n) is 12.7. The Morgan fingerprint density at radius 1 is 1.23 bits per heavy atom. The summed E-state index contributed by atoms with van der Waals surface area (Å²) in [5, 5.41) is 4.73. The Labute approximate surface area is 142 Å². The van der Waals surface area contributed by atoms with Crippen LogP contribution in [-0.4, -0.2) is 22.1 Å². The smallest absolute Gasteiger partial charge is 0.169 e. The number of hydrogen-bond donors (Lipinski definition) is 1. The van der Waals surface area contributed by atoms with Crippen LogP contribution >= 0.6 is 23.8 Å². The lowest BCUT2D eigenvalue weighted by molar-refractivity contribution is 0.357. The van der Waals surface area contributed by atoms with E-state index in [9.17, 15) is 4.39 Å². The van der Waals surface area contributed by atoms with Gasteiger partial charge in [-0.1, -0.05) is 36.9 Å². The van der Waals surface area contributed by atoms with Crippen LogP contribution < -0.4 is 5.32 Å². The van der Waals surface area contributed by atoms with E-state index in [1.165, 1.54) is 38.2 Å². The van der Waals surface area contributed by atoms with Crippen LogP contribution in [-0.2, 0) is 6.54 Å². The van der Waals surface area contributed by atoms with Crippen molar-refractivity contribution in [1.29, 1.82) is 0 Å². The highest BCUT2D eigenvalue weighted by atomic mass is 35.5. The molecule has 0 unspecified atom stereocenters. The van der Waals surface area contributed by atoms with Gasteiger partial charge in [-0.2, -0.15) is 0 Å². The van der Waals surface area contributed by atoms with Gasteiger partial charge in [-0.3, -0.25) is 0 Å². The first-order valence-corrected chi connectivity index (χ1v) is 8.94. The fourth-order valence-electron chi connectivity index (χ4n) is 3.11. The Kier molecular flexibility index (Phi) is 5.19. The van der Waals surface area contributed by atoms with Gasteiger partial charge in [-0.25, -0.2) is 4.39 Å².